The number of aromatic nitrogens is 4. The fourth-order valence-corrected chi connectivity index (χ4v) is 2.30. The average molecular weight is 350 g/mol. The zero-order valence-electron chi connectivity index (χ0n) is 13.4. The maximum atomic E-state index is 11.8. The summed E-state index contributed by atoms with van der Waals surface area (Å²) >= 11 is 0. The first-order valence-electron chi connectivity index (χ1n) is 7.64. The van der Waals surface area contributed by atoms with Crippen LogP contribution >= 0.6 is 0 Å². The summed E-state index contributed by atoms with van der Waals surface area (Å²) in [5.41, 5.74) is -0.182. The van der Waals surface area contributed by atoms with E-state index < -0.39 is 16.9 Å². The number of fused-ring (bicyclic) bond motifs is 1. The lowest BCUT2D eigenvalue weighted by Gasteiger charge is -1.99. The molecule has 2 aromatic heterocycles. The molecule has 0 aliphatic rings. The molecule has 0 bridgehead atoms. The van der Waals surface area contributed by atoms with Crippen molar-refractivity contribution in [3.05, 3.63) is 103 Å². The molecule has 0 spiro atoms. The lowest BCUT2D eigenvalue weighted by Crippen LogP contribution is -2.21. The fraction of sp³-hybridized carbons (Fsp3) is 0. The van der Waals surface area contributed by atoms with E-state index in [2.05, 4.69) is 15.0 Å². The van der Waals surface area contributed by atoms with Crippen molar-refractivity contribution in [2.45, 2.75) is 0 Å². The van der Waals surface area contributed by atoms with Crippen LogP contribution in [0.25, 0.3) is 11.2 Å². The van der Waals surface area contributed by atoms with Gasteiger partial charge in [0.05, 0.1) is 0 Å². The molecule has 0 atom stereocenters. The number of carbonyl (C=O) groups is 1. The third-order valence-corrected chi connectivity index (χ3v) is 3.49. The molecule has 0 fully saturated rings. The molecule has 4 aromatic rings. The maximum absolute atomic E-state index is 11.8. The van der Waals surface area contributed by atoms with Crippen LogP contribution in [0, 0.1) is 0 Å². The van der Waals surface area contributed by atoms with E-state index in [1.807, 2.05) is 65.6 Å². The van der Waals surface area contributed by atoms with Crippen molar-refractivity contribution in [3.63, 3.8) is 0 Å². The predicted octanol–water partition coefficient (Wildman–Crippen LogP) is 1.15. The number of benzene rings is 2. The van der Waals surface area contributed by atoms with Crippen molar-refractivity contribution < 1.29 is 4.79 Å². The van der Waals surface area contributed by atoms with Gasteiger partial charge in [0, 0.05) is 11.1 Å². The Morgan fingerprint density at radius 2 is 1.08 bits per heavy atom. The smallest absolute Gasteiger partial charge is 0.300 e. The minimum atomic E-state index is -0.650. The summed E-state index contributed by atoms with van der Waals surface area (Å²) in [6.07, 6.45) is 0. The molecular formula is C18H14N4O4. The highest BCUT2D eigenvalue weighted by Gasteiger charge is 2.06. The van der Waals surface area contributed by atoms with Crippen molar-refractivity contribution in [3.8, 4) is 0 Å². The van der Waals surface area contributed by atoms with Crippen LogP contribution in [-0.4, -0.2) is 25.7 Å². The lowest BCUT2D eigenvalue weighted by atomic mass is 10.0. The van der Waals surface area contributed by atoms with Gasteiger partial charge in [-0.3, -0.25) is 29.5 Å². The van der Waals surface area contributed by atoms with Crippen molar-refractivity contribution in [1.82, 2.24) is 19.9 Å². The number of hydrogen-bond donors (Lipinski definition) is 4. The molecule has 4 rings (SSSR count). The highest BCUT2D eigenvalue weighted by atomic mass is 16.2. The predicted molar refractivity (Wildman–Crippen MR) is 96.5 cm³/mol. The molecular weight excluding hydrogens is 336 g/mol. The van der Waals surface area contributed by atoms with Gasteiger partial charge in [-0.15, -0.1) is 0 Å². The SMILES string of the molecule is O=C(c1ccccc1)c1ccccc1.O=c1[nH]c(=O)c2[nH]c(=O)[nH]c2[nH]1. The van der Waals surface area contributed by atoms with E-state index in [9.17, 15) is 19.2 Å². The van der Waals surface area contributed by atoms with Crippen LogP contribution in [0.1, 0.15) is 15.9 Å². The third-order valence-electron chi connectivity index (χ3n) is 3.49. The average Bonchev–Trinajstić information content (AvgIpc) is 3.04. The van der Waals surface area contributed by atoms with Crippen LogP contribution in [-0.2, 0) is 0 Å². The van der Waals surface area contributed by atoms with Gasteiger partial charge in [0.15, 0.2) is 5.78 Å². The third kappa shape index (κ3) is 3.75. The van der Waals surface area contributed by atoms with Crippen molar-refractivity contribution >= 4 is 16.9 Å². The molecule has 0 saturated carbocycles. The summed E-state index contributed by atoms with van der Waals surface area (Å²) in [5, 5.41) is 0. The van der Waals surface area contributed by atoms with E-state index in [0.29, 0.717) is 0 Å². The van der Waals surface area contributed by atoms with Gasteiger partial charge in [0.2, 0.25) is 0 Å². The Balaban J connectivity index is 0.000000152. The number of H-pyrrole nitrogens is 4. The molecule has 0 aliphatic carbocycles. The lowest BCUT2D eigenvalue weighted by molar-refractivity contribution is 0.103. The van der Waals surface area contributed by atoms with Gasteiger partial charge in [0.1, 0.15) is 11.2 Å². The quantitative estimate of drug-likeness (QED) is 0.404. The standard InChI is InChI=1S/C13H10O.C5H4N4O3/c14-13(11-7-3-1-4-8-11)12-9-5-2-6-10-12;10-3-1-2(7-4(11)6-1)8-5(12)9-3/h1-10H;(H4,6,7,8,9,10,11,12). The first-order chi connectivity index (χ1) is 12.5. The Kier molecular flexibility index (Phi) is 4.75. The second kappa shape index (κ2) is 7.31. The largest absolute Gasteiger partial charge is 0.327 e. The summed E-state index contributed by atoms with van der Waals surface area (Å²) in [6, 6.07) is 18.6. The minimum absolute atomic E-state index is 0.0413. The number of rotatable bonds is 2. The summed E-state index contributed by atoms with van der Waals surface area (Å²) in [6.45, 7) is 0. The Morgan fingerprint density at radius 1 is 0.615 bits per heavy atom. The van der Waals surface area contributed by atoms with Crippen LogP contribution in [0.5, 0.6) is 0 Å². The zero-order chi connectivity index (χ0) is 18.5. The number of hydrogen-bond acceptors (Lipinski definition) is 4. The summed E-state index contributed by atoms with van der Waals surface area (Å²) < 4.78 is 0. The van der Waals surface area contributed by atoms with Crippen LogP contribution in [0.3, 0.4) is 0 Å². The van der Waals surface area contributed by atoms with Crippen molar-refractivity contribution in [2.75, 3.05) is 0 Å². The Bertz CT molecular complexity index is 1160. The summed E-state index contributed by atoms with van der Waals surface area (Å²) in [4.78, 5) is 52.8. The zero-order valence-corrected chi connectivity index (χ0v) is 13.4. The van der Waals surface area contributed by atoms with E-state index in [-0.39, 0.29) is 16.9 Å². The van der Waals surface area contributed by atoms with E-state index in [0.717, 1.165) is 11.1 Å². The normalized spacial score (nSPS) is 10.2. The Morgan fingerprint density at radius 3 is 1.58 bits per heavy atom. The molecule has 8 nitrogen and oxygen atoms in total. The van der Waals surface area contributed by atoms with E-state index in [1.165, 1.54) is 0 Å². The molecule has 8 heteroatoms. The van der Waals surface area contributed by atoms with Gasteiger partial charge in [-0.2, -0.15) is 0 Å². The van der Waals surface area contributed by atoms with Gasteiger partial charge < -0.3 is 0 Å². The Labute approximate surface area is 145 Å². The molecule has 4 N–H and O–H groups in total. The molecule has 0 aliphatic heterocycles. The van der Waals surface area contributed by atoms with Gasteiger partial charge in [0.25, 0.3) is 5.56 Å². The van der Waals surface area contributed by atoms with Crippen LogP contribution in [0.2, 0.25) is 0 Å². The van der Waals surface area contributed by atoms with Crippen molar-refractivity contribution in [1.29, 1.82) is 0 Å². The molecule has 0 radical (unpaired) electrons. The molecule has 2 aromatic carbocycles. The Hall–Kier alpha value is -3.94. The second-order valence-corrected chi connectivity index (χ2v) is 5.30. The molecule has 0 amide bonds. The van der Waals surface area contributed by atoms with Gasteiger partial charge in [-0.05, 0) is 0 Å². The van der Waals surface area contributed by atoms with Gasteiger partial charge in [-0.1, -0.05) is 60.7 Å². The van der Waals surface area contributed by atoms with Crippen LogP contribution in [0.15, 0.2) is 75.0 Å². The molecule has 0 saturated heterocycles. The summed E-state index contributed by atoms with van der Waals surface area (Å²) in [7, 11) is 0. The molecule has 0 unspecified atom stereocenters. The first-order valence-corrected chi connectivity index (χ1v) is 7.64. The van der Waals surface area contributed by atoms with Crippen molar-refractivity contribution in [2.24, 2.45) is 0 Å². The monoisotopic (exact) mass is 350 g/mol. The molecule has 26 heavy (non-hydrogen) atoms. The van der Waals surface area contributed by atoms with E-state index in [1.54, 1.807) is 0 Å². The van der Waals surface area contributed by atoms with E-state index in [4.69, 9.17) is 0 Å². The number of carbonyl (C=O) groups excluding carboxylic acids is 1. The highest BCUT2D eigenvalue weighted by molar-refractivity contribution is 6.08. The van der Waals surface area contributed by atoms with Crippen LogP contribution < -0.4 is 16.9 Å². The molecule has 2 heterocycles. The van der Waals surface area contributed by atoms with Crippen LogP contribution in [0.4, 0.5) is 0 Å². The maximum Gasteiger partial charge on any atom is 0.327 e. The van der Waals surface area contributed by atoms with E-state index >= 15 is 0 Å². The topological polar surface area (TPSA) is 131 Å². The van der Waals surface area contributed by atoms with Gasteiger partial charge in [-0.25, -0.2) is 9.59 Å². The number of aromatic amines is 4. The highest BCUT2D eigenvalue weighted by Crippen LogP contribution is 2.08. The molecule has 130 valence electrons. The number of nitrogens with one attached hydrogen (secondary N) is 4. The minimum Gasteiger partial charge on any atom is -0.300 e. The summed E-state index contributed by atoms with van der Waals surface area (Å²) in [5.74, 6) is 0.0752. The second-order valence-electron chi connectivity index (χ2n) is 5.30. The first kappa shape index (κ1) is 16.9. The van der Waals surface area contributed by atoms with Gasteiger partial charge >= 0.3 is 11.4 Å². The number of ketones is 1. The fourth-order valence-electron chi connectivity index (χ4n) is 2.30. The number of imidazole rings is 1.